The molecule has 1 saturated heterocycles. The van der Waals surface area contributed by atoms with Crippen LogP contribution < -0.4 is 10.6 Å². The number of hydrogen-bond donors (Lipinski definition) is 4. The van der Waals surface area contributed by atoms with Gasteiger partial charge in [-0.05, 0) is 55.3 Å². The first-order valence-corrected chi connectivity index (χ1v) is 14.2. The molecule has 5 rings (SSSR count). The van der Waals surface area contributed by atoms with E-state index >= 15 is 0 Å². The number of likely N-dealkylation sites (N-methyl/N-ethyl adjacent to an activating group) is 1. The van der Waals surface area contributed by atoms with Gasteiger partial charge in [0.1, 0.15) is 0 Å². The molecule has 0 unspecified atom stereocenters. The number of imidazole rings is 1. The average molecular weight is 591 g/mol. The Kier molecular flexibility index (Phi) is 8.34. The number of carbonyl (C=O) groups is 2. The van der Waals surface area contributed by atoms with Crippen molar-refractivity contribution >= 4 is 29.0 Å². The minimum atomic E-state index is -0.938. The number of nitrogens with zero attached hydrogens (tertiary/aromatic N) is 5. The molecule has 0 radical (unpaired) electrons. The lowest BCUT2D eigenvalue weighted by atomic mass is 9.92. The number of hydrogen-bond acceptors (Lipinski definition) is 7. The van der Waals surface area contributed by atoms with Crippen LogP contribution in [0.1, 0.15) is 22.3 Å². The lowest BCUT2D eigenvalue weighted by Gasteiger charge is -2.35. The number of amides is 2. The van der Waals surface area contributed by atoms with Crippen molar-refractivity contribution in [1.82, 2.24) is 24.6 Å². The Morgan fingerprint density at radius 1 is 1.14 bits per heavy atom. The van der Waals surface area contributed by atoms with Crippen molar-refractivity contribution in [3.8, 4) is 17.0 Å². The van der Waals surface area contributed by atoms with Gasteiger partial charge in [0.05, 0.1) is 58.1 Å². The zero-order valence-electron chi connectivity index (χ0n) is 24.7. The molecule has 4 N–H and O–H groups in total. The highest BCUT2D eigenvalue weighted by Gasteiger charge is 2.35. The van der Waals surface area contributed by atoms with Crippen LogP contribution in [0.4, 0.5) is 15.9 Å². The number of rotatable bonds is 8. The number of aromatic hydroxyl groups is 1. The van der Waals surface area contributed by atoms with Crippen LogP contribution in [-0.4, -0.2) is 99.2 Å². The van der Waals surface area contributed by atoms with Gasteiger partial charge in [0.15, 0.2) is 23.0 Å². The largest absolute Gasteiger partial charge is 0.505 e. The summed E-state index contributed by atoms with van der Waals surface area (Å²) in [5, 5.41) is 26.4. The van der Waals surface area contributed by atoms with Crippen molar-refractivity contribution in [1.29, 1.82) is 0 Å². The second-order valence-electron chi connectivity index (χ2n) is 12.0. The smallest absolute Gasteiger partial charge is 0.254 e. The van der Waals surface area contributed by atoms with Gasteiger partial charge in [-0.25, -0.2) is 14.4 Å². The molecule has 0 spiro atoms. The number of quaternary nitrogens is 1. The van der Waals surface area contributed by atoms with Gasteiger partial charge in [-0.15, -0.1) is 0 Å². The quantitative estimate of drug-likeness (QED) is 0.232. The van der Waals surface area contributed by atoms with Gasteiger partial charge in [0.2, 0.25) is 5.91 Å². The maximum atomic E-state index is 14.0. The minimum absolute atomic E-state index is 0.0881. The minimum Gasteiger partial charge on any atom is -0.505 e. The lowest BCUT2D eigenvalue weighted by Crippen LogP contribution is -2.52. The fourth-order valence-electron chi connectivity index (χ4n) is 5.24. The van der Waals surface area contributed by atoms with E-state index in [1.165, 1.54) is 12.1 Å². The molecule has 0 saturated carbocycles. The number of aliphatic hydroxyl groups excluding tert-OH is 1. The van der Waals surface area contributed by atoms with Crippen molar-refractivity contribution in [2.75, 3.05) is 52.6 Å². The molecule has 1 fully saturated rings. The Hall–Kier alpha value is -4.55. The third-order valence-electron chi connectivity index (χ3n) is 7.68. The number of nitrogens with one attached hydrogen (secondary N) is 2. The molecule has 12 heteroatoms. The molecule has 2 aromatic carbocycles. The third-order valence-corrected chi connectivity index (χ3v) is 7.68. The fraction of sp³-hybridized carbons (Fsp3) is 0.355. The lowest BCUT2D eigenvalue weighted by molar-refractivity contribution is -0.869. The van der Waals surface area contributed by atoms with Crippen LogP contribution in [0.25, 0.3) is 16.9 Å². The number of carbonyl (C=O) groups excluding carboxylic acids is 2. The number of benzene rings is 2. The van der Waals surface area contributed by atoms with Gasteiger partial charge in [0.25, 0.3) is 5.91 Å². The maximum absolute atomic E-state index is 14.0. The number of phenolic OH excluding ortho intramolecular Hbond substituents is 1. The van der Waals surface area contributed by atoms with E-state index in [1.807, 2.05) is 34.1 Å². The predicted octanol–water partition coefficient (Wildman–Crippen LogP) is 2.94. The predicted molar refractivity (Wildman–Crippen MR) is 160 cm³/mol. The van der Waals surface area contributed by atoms with E-state index < -0.39 is 23.6 Å². The van der Waals surface area contributed by atoms with Crippen molar-refractivity contribution in [2.45, 2.75) is 19.4 Å². The molecule has 43 heavy (non-hydrogen) atoms. The first-order valence-electron chi connectivity index (χ1n) is 14.2. The van der Waals surface area contributed by atoms with Gasteiger partial charge in [-0.3, -0.25) is 14.0 Å². The summed E-state index contributed by atoms with van der Waals surface area (Å²) in [4.78, 5) is 36.5. The van der Waals surface area contributed by atoms with Crippen LogP contribution in [0.3, 0.4) is 0 Å². The van der Waals surface area contributed by atoms with Crippen LogP contribution in [0, 0.1) is 18.7 Å². The van der Waals surface area contributed by atoms with Gasteiger partial charge in [0, 0.05) is 42.3 Å². The van der Waals surface area contributed by atoms with Crippen LogP contribution in [0.2, 0.25) is 0 Å². The van der Waals surface area contributed by atoms with Crippen LogP contribution in [0.15, 0.2) is 55.0 Å². The summed E-state index contributed by atoms with van der Waals surface area (Å²) in [5.74, 6) is -1.60. The summed E-state index contributed by atoms with van der Waals surface area (Å²) < 4.78 is 16.5. The van der Waals surface area contributed by atoms with Gasteiger partial charge < -0.3 is 30.2 Å². The van der Waals surface area contributed by atoms with E-state index in [4.69, 9.17) is 0 Å². The number of phenols is 1. The fourth-order valence-corrected chi connectivity index (χ4v) is 5.24. The first kappa shape index (κ1) is 29.9. The van der Waals surface area contributed by atoms with Crippen molar-refractivity contribution < 1.29 is 28.7 Å². The highest BCUT2D eigenvalue weighted by atomic mass is 19.1. The molecular weight excluding hydrogens is 553 g/mol. The van der Waals surface area contributed by atoms with Gasteiger partial charge in [-0.2, -0.15) is 0 Å². The molecular formula is C31H37FN7O4+. The molecule has 226 valence electrons. The SMILES string of the molecule is Cc1cc(Nc2nccn3c(-c4ccc(O)c(F)c4)cnc23)ccc1C(=O)N1CC[C@@H](C(=O)NCC[N+](C)(C)C)[C@H](O)C1. The van der Waals surface area contributed by atoms with Crippen molar-refractivity contribution in [2.24, 2.45) is 5.92 Å². The summed E-state index contributed by atoms with van der Waals surface area (Å²) in [7, 11) is 6.14. The summed E-state index contributed by atoms with van der Waals surface area (Å²) >= 11 is 0. The van der Waals surface area contributed by atoms with Crippen LogP contribution in [0.5, 0.6) is 5.75 Å². The normalized spacial score (nSPS) is 17.2. The average Bonchev–Trinajstić information content (AvgIpc) is 3.39. The van der Waals surface area contributed by atoms with E-state index in [9.17, 15) is 24.2 Å². The van der Waals surface area contributed by atoms with Crippen LogP contribution >= 0.6 is 0 Å². The molecule has 1 aliphatic heterocycles. The van der Waals surface area contributed by atoms with E-state index in [0.29, 0.717) is 53.5 Å². The zero-order chi connectivity index (χ0) is 30.9. The van der Waals surface area contributed by atoms with E-state index in [1.54, 1.807) is 46.1 Å². The molecule has 2 aromatic heterocycles. The molecule has 11 nitrogen and oxygen atoms in total. The number of aliphatic hydroxyl groups is 1. The summed E-state index contributed by atoms with van der Waals surface area (Å²) in [6.07, 6.45) is 4.37. The monoisotopic (exact) mass is 590 g/mol. The topological polar surface area (TPSA) is 132 Å². The summed E-state index contributed by atoms with van der Waals surface area (Å²) in [6.45, 7) is 3.60. The van der Waals surface area contributed by atoms with E-state index in [0.717, 1.165) is 16.6 Å². The van der Waals surface area contributed by atoms with Crippen LogP contribution in [-0.2, 0) is 4.79 Å². The molecule has 1 aliphatic rings. The number of fused-ring (bicyclic) bond motifs is 1. The number of halogens is 1. The molecule has 2 amide bonds. The summed E-state index contributed by atoms with van der Waals surface area (Å²) in [5.41, 5.74) is 3.63. The van der Waals surface area contributed by atoms with Crippen molar-refractivity contribution in [3.05, 3.63) is 71.9 Å². The van der Waals surface area contributed by atoms with Gasteiger partial charge >= 0.3 is 0 Å². The highest BCUT2D eigenvalue weighted by molar-refractivity contribution is 5.96. The van der Waals surface area contributed by atoms with Crippen molar-refractivity contribution in [3.63, 3.8) is 0 Å². The number of piperidine rings is 1. The maximum Gasteiger partial charge on any atom is 0.254 e. The number of anilines is 2. The Labute approximate surface area is 249 Å². The third kappa shape index (κ3) is 6.60. The molecule has 2 atom stereocenters. The number of β-amino-alcohol motifs (C(OH)–C–C–N with tert-alkyl or cyclic N) is 1. The second kappa shape index (κ2) is 12.0. The highest BCUT2D eigenvalue weighted by Crippen LogP contribution is 2.29. The van der Waals surface area contributed by atoms with E-state index in [2.05, 4.69) is 20.6 Å². The van der Waals surface area contributed by atoms with E-state index in [-0.39, 0.29) is 18.4 Å². The Bertz CT molecular complexity index is 1670. The number of aryl methyl sites for hydroxylation is 1. The molecule has 3 heterocycles. The second-order valence-corrected chi connectivity index (χ2v) is 12.0. The number of likely N-dealkylation sites (tertiary alicyclic amines) is 1. The zero-order valence-corrected chi connectivity index (χ0v) is 24.7. The Balaban J connectivity index is 1.25. The molecule has 0 aliphatic carbocycles. The Morgan fingerprint density at radius 3 is 2.63 bits per heavy atom. The number of aromatic nitrogens is 3. The first-order chi connectivity index (χ1) is 20.4. The molecule has 0 bridgehead atoms. The standard InChI is InChI=1S/C31H36FN7O4/c1-19-15-21(36-28-29-35-17-25(38(29)13-10-33-28)20-5-8-26(40)24(32)16-20)6-7-22(19)31(43)37-12-9-23(27(41)18-37)30(42)34-11-14-39(2,3)4/h5-8,10,13,15-17,23,27,41H,9,11-12,14,18H2,1-4H3,(H2-,33,34,36,40,42,43)/p+1/t23-,27-/m1/s1. The van der Waals surface area contributed by atoms with Gasteiger partial charge in [-0.1, -0.05) is 0 Å². The molecule has 4 aromatic rings. The Morgan fingerprint density at radius 2 is 1.93 bits per heavy atom. The summed E-state index contributed by atoms with van der Waals surface area (Å²) in [6, 6.07) is 9.49.